The van der Waals surface area contributed by atoms with E-state index >= 15 is 0 Å². The topological polar surface area (TPSA) is 57.4 Å². The Morgan fingerprint density at radius 3 is 1.65 bits per heavy atom. The van der Waals surface area contributed by atoms with E-state index in [1.807, 2.05) is 6.08 Å². The summed E-state index contributed by atoms with van der Waals surface area (Å²) in [7, 11) is 0. The van der Waals surface area contributed by atoms with Gasteiger partial charge >= 0.3 is 0 Å². The molecule has 5 aromatic heterocycles. The minimum Gasteiger partial charge on any atom is -0.355 e. The molecule has 0 unspecified atom stereocenters. The molecule has 2 aliphatic heterocycles. The fourth-order valence-corrected chi connectivity index (χ4v) is 5.76. The Labute approximate surface area is 203 Å². The average Bonchev–Trinajstić information content (AvgIpc) is 3.65. The zero-order valence-electron chi connectivity index (χ0n) is 17.9. The summed E-state index contributed by atoms with van der Waals surface area (Å²) in [6, 6.07) is 21.1. The van der Waals surface area contributed by atoms with E-state index < -0.39 is 0 Å². The molecule has 0 amide bonds. The van der Waals surface area contributed by atoms with Crippen LogP contribution in [0.15, 0.2) is 82.2 Å². The highest BCUT2D eigenvalue weighted by atomic mass is 32.1. The van der Waals surface area contributed by atoms with Gasteiger partial charge in [0.25, 0.3) is 0 Å². The second-order valence-corrected chi connectivity index (χ2v) is 9.83. The van der Waals surface area contributed by atoms with Crippen LogP contribution in [0.2, 0.25) is 0 Å². The fraction of sp³-hybridized carbons (Fsp3) is 0. The molecule has 0 aliphatic carbocycles. The smallest absolute Gasteiger partial charge is 0.0744 e. The molecule has 34 heavy (non-hydrogen) atoms. The van der Waals surface area contributed by atoms with Crippen LogP contribution in [-0.2, 0) is 0 Å². The summed E-state index contributed by atoms with van der Waals surface area (Å²) in [5, 5.41) is 8.63. The fourth-order valence-electron chi connectivity index (χ4n) is 4.47. The Balaban J connectivity index is 1.60. The summed E-state index contributed by atoms with van der Waals surface area (Å²) >= 11 is 3.40. The Kier molecular flexibility index (Phi) is 4.46. The summed E-state index contributed by atoms with van der Waals surface area (Å²) in [6.07, 6.45) is 4.10. The molecule has 0 radical (unpaired) electrons. The Hall–Kier alpha value is -4.00. The average molecular weight is 475 g/mol. The highest BCUT2D eigenvalue weighted by Gasteiger charge is 2.23. The number of aromatic nitrogens is 4. The van der Waals surface area contributed by atoms with Crippen molar-refractivity contribution in [2.24, 2.45) is 0 Å². The molecule has 2 aliphatic rings. The molecular weight excluding hydrogens is 456 g/mol. The van der Waals surface area contributed by atoms with Gasteiger partial charge in [-0.3, -0.25) is 0 Å². The van der Waals surface area contributed by atoms with Crippen molar-refractivity contribution in [3.05, 3.63) is 116 Å². The minimum atomic E-state index is 0.899. The van der Waals surface area contributed by atoms with E-state index in [1.54, 1.807) is 22.7 Å². The zero-order chi connectivity index (χ0) is 22.5. The molecular formula is C28H18N4S2. The number of nitrogens with zero attached hydrogens (tertiary/aromatic N) is 2. The van der Waals surface area contributed by atoms with Gasteiger partial charge in [-0.15, -0.1) is 0 Å². The summed E-state index contributed by atoms with van der Waals surface area (Å²) in [4.78, 5) is 17.0. The highest BCUT2D eigenvalue weighted by molar-refractivity contribution is 7.08. The van der Waals surface area contributed by atoms with Crippen LogP contribution in [0.1, 0.15) is 33.9 Å². The molecule has 7 heterocycles. The first kappa shape index (κ1) is 19.5. The summed E-state index contributed by atoms with van der Waals surface area (Å²) < 4.78 is 0. The van der Waals surface area contributed by atoms with E-state index in [-0.39, 0.29) is 0 Å². The lowest BCUT2D eigenvalue weighted by molar-refractivity contribution is 1.26. The van der Waals surface area contributed by atoms with E-state index in [2.05, 4.69) is 98.2 Å². The molecule has 2 N–H and O–H groups in total. The molecule has 4 nitrogen and oxygen atoms in total. The Morgan fingerprint density at radius 2 is 1.06 bits per heavy atom. The second kappa shape index (κ2) is 7.80. The van der Waals surface area contributed by atoms with Crippen molar-refractivity contribution in [3.63, 3.8) is 0 Å². The van der Waals surface area contributed by atoms with E-state index in [0.29, 0.717) is 0 Å². The van der Waals surface area contributed by atoms with Crippen LogP contribution in [-0.4, -0.2) is 19.9 Å². The largest absolute Gasteiger partial charge is 0.355 e. The van der Waals surface area contributed by atoms with Gasteiger partial charge in [-0.2, -0.15) is 22.7 Å². The molecule has 8 bridgehead atoms. The predicted molar refractivity (Wildman–Crippen MR) is 144 cm³/mol. The van der Waals surface area contributed by atoms with Crippen LogP contribution < -0.4 is 0 Å². The summed E-state index contributed by atoms with van der Waals surface area (Å²) in [5.74, 6) is 0. The number of hydrogen-bond acceptors (Lipinski definition) is 4. The van der Waals surface area contributed by atoms with Crippen molar-refractivity contribution in [1.29, 1.82) is 0 Å². The van der Waals surface area contributed by atoms with Gasteiger partial charge in [0.2, 0.25) is 0 Å². The third-order valence-electron chi connectivity index (χ3n) is 5.96. The molecule has 6 heteroatoms. The van der Waals surface area contributed by atoms with Gasteiger partial charge < -0.3 is 9.97 Å². The summed E-state index contributed by atoms with van der Waals surface area (Å²) in [5.41, 5.74) is 12.5. The maximum absolute atomic E-state index is 5.14. The predicted octanol–water partition coefficient (Wildman–Crippen LogP) is 7.62. The van der Waals surface area contributed by atoms with Crippen molar-refractivity contribution in [1.82, 2.24) is 19.9 Å². The van der Waals surface area contributed by atoms with Gasteiger partial charge in [-0.25, -0.2) is 9.97 Å². The van der Waals surface area contributed by atoms with Crippen molar-refractivity contribution >= 4 is 68.0 Å². The van der Waals surface area contributed by atoms with Gasteiger partial charge in [-0.05, 0) is 105 Å². The molecule has 0 saturated heterocycles. The van der Waals surface area contributed by atoms with E-state index in [4.69, 9.17) is 9.97 Å². The van der Waals surface area contributed by atoms with E-state index in [0.717, 1.165) is 56.0 Å². The maximum Gasteiger partial charge on any atom is 0.0744 e. The highest BCUT2D eigenvalue weighted by Crippen LogP contribution is 2.40. The maximum atomic E-state index is 5.14. The van der Waals surface area contributed by atoms with Crippen LogP contribution in [0, 0.1) is 0 Å². The number of hydrogen-bond donors (Lipinski definition) is 2. The standard InChI is InChI=1S/C28H18N4S2/c1-2-20-12-22-4-6-24(31-22)14-26-28(18-8-10-34-16-18)27(17-7-9-33-15-17)25(32-26)13-23-5-3-21(30-23)11-19(1)29-20/h1-16,29-30H. The zero-order valence-corrected chi connectivity index (χ0v) is 19.6. The Bertz CT molecular complexity index is 1750. The molecule has 0 atom stereocenters. The first-order valence-electron chi connectivity index (χ1n) is 11.0. The van der Waals surface area contributed by atoms with Gasteiger partial charge in [0, 0.05) is 33.2 Å². The first-order valence-corrected chi connectivity index (χ1v) is 12.8. The number of H-pyrrole nitrogens is 2. The molecule has 5 aromatic rings. The Morgan fingerprint density at radius 1 is 0.529 bits per heavy atom. The number of rotatable bonds is 2. The number of thiophene rings is 2. The quantitative estimate of drug-likeness (QED) is 0.271. The third kappa shape index (κ3) is 3.44. The molecule has 0 spiro atoms. The van der Waals surface area contributed by atoms with Crippen LogP contribution in [0.5, 0.6) is 0 Å². The number of aromatic amines is 2. The van der Waals surface area contributed by atoms with Crippen LogP contribution >= 0.6 is 22.7 Å². The normalized spacial score (nSPS) is 13.1. The SMILES string of the molecule is C1=Cc2cc3ccc(cc4ccc(cc5nc(cc1n2)C(c1ccsc1)=C5c1ccsc1)[nH]4)[nH]3. The van der Waals surface area contributed by atoms with Gasteiger partial charge in [0.05, 0.1) is 22.8 Å². The van der Waals surface area contributed by atoms with Crippen molar-refractivity contribution in [2.45, 2.75) is 0 Å². The van der Waals surface area contributed by atoms with Gasteiger partial charge in [-0.1, -0.05) is 0 Å². The molecule has 0 saturated carbocycles. The molecule has 0 fully saturated rings. The lowest BCUT2D eigenvalue weighted by Gasteiger charge is -2.05. The molecule has 7 rings (SSSR count). The second-order valence-electron chi connectivity index (χ2n) is 8.27. The van der Waals surface area contributed by atoms with Crippen LogP contribution in [0.3, 0.4) is 0 Å². The van der Waals surface area contributed by atoms with Crippen LogP contribution in [0.25, 0.3) is 45.4 Å². The minimum absolute atomic E-state index is 0.899. The molecule has 0 aromatic carbocycles. The lowest BCUT2D eigenvalue weighted by atomic mass is 9.95. The van der Waals surface area contributed by atoms with E-state index in [1.165, 1.54) is 11.1 Å². The van der Waals surface area contributed by atoms with E-state index in [9.17, 15) is 0 Å². The number of fused-ring (bicyclic) bond motifs is 8. The monoisotopic (exact) mass is 474 g/mol. The summed E-state index contributed by atoms with van der Waals surface area (Å²) in [6.45, 7) is 0. The van der Waals surface area contributed by atoms with Crippen molar-refractivity contribution in [3.8, 4) is 0 Å². The van der Waals surface area contributed by atoms with Gasteiger partial charge in [0.1, 0.15) is 0 Å². The van der Waals surface area contributed by atoms with Crippen LogP contribution in [0.4, 0.5) is 0 Å². The van der Waals surface area contributed by atoms with Gasteiger partial charge in [0.15, 0.2) is 0 Å². The lowest BCUT2D eigenvalue weighted by Crippen LogP contribution is -1.87. The third-order valence-corrected chi connectivity index (χ3v) is 7.33. The molecule has 162 valence electrons. The van der Waals surface area contributed by atoms with Crippen molar-refractivity contribution < 1.29 is 0 Å². The first-order chi connectivity index (χ1) is 16.8. The number of nitrogens with one attached hydrogen (secondary N) is 2. The van der Waals surface area contributed by atoms with Crippen molar-refractivity contribution in [2.75, 3.05) is 0 Å².